The minimum absolute atomic E-state index is 0.0361. The smallest absolute Gasteiger partial charge is 0.263 e. The Kier molecular flexibility index (Phi) is 4.53. The van der Waals surface area contributed by atoms with E-state index in [2.05, 4.69) is 4.72 Å². The molecule has 0 atom stereocenters. The number of anilines is 2. The molecular formula is C12H8Cl3FN2O2S. The number of nitrogen functional groups attached to an aromatic ring is 1. The van der Waals surface area contributed by atoms with E-state index in [0.29, 0.717) is 0 Å². The monoisotopic (exact) mass is 368 g/mol. The Morgan fingerprint density at radius 2 is 1.76 bits per heavy atom. The number of rotatable bonds is 3. The molecule has 0 aliphatic rings. The van der Waals surface area contributed by atoms with Gasteiger partial charge >= 0.3 is 0 Å². The first-order valence-corrected chi connectivity index (χ1v) is 8.05. The Morgan fingerprint density at radius 3 is 2.43 bits per heavy atom. The maximum atomic E-state index is 13.2. The van der Waals surface area contributed by atoms with E-state index in [1.165, 1.54) is 18.2 Å². The average Bonchev–Trinajstić information content (AvgIpc) is 2.39. The van der Waals surface area contributed by atoms with Crippen LogP contribution in [0.15, 0.2) is 35.2 Å². The van der Waals surface area contributed by atoms with E-state index in [1.807, 2.05) is 0 Å². The lowest BCUT2D eigenvalue weighted by Crippen LogP contribution is -2.14. The van der Waals surface area contributed by atoms with Crippen molar-refractivity contribution in [1.82, 2.24) is 0 Å². The van der Waals surface area contributed by atoms with Gasteiger partial charge in [-0.1, -0.05) is 40.9 Å². The van der Waals surface area contributed by atoms with Gasteiger partial charge in [0.15, 0.2) is 0 Å². The van der Waals surface area contributed by atoms with Gasteiger partial charge in [0.2, 0.25) is 0 Å². The zero-order chi connectivity index (χ0) is 15.8. The lowest BCUT2D eigenvalue weighted by atomic mass is 10.3. The normalized spacial score (nSPS) is 11.4. The standard InChI is InChI=1S/C12H8Cl3FN2O2S/c13-6-2-1-3-10(12(6)15)18-21(19,20)11-5-9(17)8(16)4-7(11)14/h1-5,18H,17H2. The van der Waals surface area contributed by atoms with Crippen molar-refractivity contribution in [3.8, 4) is 0 Å². The van der Waals surface area contributed by atoms with Crippen molar-refractivity contribution in [2.75, 3.05) is 10.5 Å². The van der Waals surface area contributed by atoms with Crippen LogP contribution in [0.4, 0.5) is 15.8 Å². The predicted molar refractivity (Wildman–Crippen MR) is 83.1 cm³/mol. The minimum atomic E-state index is -4.09. The van der Waals surface area contributed by atoms with Gasteiger partial charge < -0.3 is 5.73 Å². The molecule has 2 rings (SSSR count). The van der Waals surface area contributed by atoms with Gasteiger partial charge in [0, 0.05) is 0 Å². The molecule has 0 saturated carbocycles. The predicted octanol–water partition coefficient (Wildman–Crippen LogP) is 4.17. The Labute approximate surface area is 135 Å². The second-order valence-electron chi connectivity index (χ2n) is 4.01. The molecule has 0 radical (unpaired) electrons. The zero-order valence-electron chi connectivity index (χ0n) is 10.2. The van der Waals surface area contributed by atoms with E-state index in [4.69, 9.17) is 40.5 Å². The van der Waals surface area contributed by atoms with Crippen LogP contribution in [0.3, 0.4) is 0 Å². The lowest BCUT2D eigenvalue weighted by Gasteiger charge is -2.12. The summed E-state index contributed by atoms with van der Waals surface area (Å²) in [5, 5.41) is -0.0807. The van der Waals surface area contributed by atoms with Crippen molar-refractivity contribution >= 4 is 56.2 Å². The highest BCUT2D eigenvalue weighted by Gasteiger charge is 2.21. The number of hydrogen-bond acceptors (Lipinski definition) is 3. The number of nitrogens with two attached hydrogens (primary N) is 1. The van der Waals surface area contributed by atoms with Crippen LogP contribution in [0.1, 0.15) is 0 Å². The maximum Gasteiger partial charge on any atom is 0.263 e. The van der Waals surface area contributed by atoms with Crippen molar-refractivity contribution in [3.63, 3.8) is 0 Å². The summed E-state index contributed by atoms with van der Waals surface area (Å²) in [6.07, 6.45) is 0. The van der Waals surface area contributed by atoms with Crippen LogP contribution in [0, 0.1) is 5.82 Å². The third-order valence-corrected chi connectivity index (χ3v) is 5.19. The highest BCUT2D eigenvalue weighted by atomic mass is 35.5. The molecule has 0 spiro atoms. The maximum absolute atomic E-state index is 13.2. The highest BCUT2D eigenvalue weighted by molar-refractivity contribution is 7.92. The van der Waals surface area contributed by atoms with Crippen molar-refractivity contribution in [1.29, 1.82) is 0 Å². The summed E-state index contributed by atoms with van der Waals surface area (Å²) in [6.45, 7) is 0. The Morgan fingerprint density at radius 1 is 1.10 bits per heavy atom. The van der Waals surface area contributed by atoms with Crippen LogP contribution in [0.2, 0.25) is 15.1 Å². The summed E-state index contributed by atoms with van der Waals surface area (Å²) in [7, 11) is -4.09. The van der Waals surface area contributed by atoms with Crippen molar-refractivity contribution in [3.05, 3.63) is 51.2 Å². The summed E-state index contributed by atoms with van der Waals surface area (Å²) in [4.78, 5) is -0.362. The average molecular weight is 370 g/mol. The second-order valence-corrected chi connectivity index (χ2v) is 6.85. The SMILES string of the molecule is Nc1cc(S(=O)(=O)Nc2cccc(Cl)c2Cl)c(Cl)cc1F. The molecule has 2 aromatic carbocycles. The summed E-state index contributed by atoms with van der Waals surface area (Å²) < 4.78 is 40.0. The first kappa shape index (κ1) is 16.2. The quantitative estimate of drug-likeness (QED) is 0.798. The van der Waals surface area contributed by atoms with Crippen LogP contribution in [-0.4, -0.2) is 8.42 Å². The summed E-state index contributed by atoms with van der Waals surface area (Å²) in [5.41, 5.74) is 5.10. The molecule has 112 valence electrons. The van der Waals surface area contributed by atoms with Crippen LogP contribution < -0.4 is 10.5 Å². The molecule has 21 heavy (non-hydrogen) atoms. The number of halogens is 4. The lowest BCUT2D eigenvalue weighted by molar-refractivity contribution is 0.600. The van der Waals surface area contributed by atoms with E-state index in [9.17, 15) is 12.8 Å². The largest absolute Gasteiger partial charge is 0.396 e. The third kappa shape index (κ3) is 3.35. The van der Waals surface area contributed by atoms with Gasteiger partial charge in [0.25, 0.3) is 10.0 Å². The van der Waals surface area contributed by atoms with Crippen LogP contribution in [0.5, 0.6) is 0 Å². The minimum Gasteiger partial charge on any atom is -0.396 e. The molecule has 0 unspecified atom stereocenters. The van der Waals surface area contributed by atoms with Gasteiger partial charge in [-0.15, -0.1) is 0 Å². The molecule has 0 aromatic heterocycles. The van der Waals surface area contributed by atoms with E-state index in [-0.39, 0.29) is 31.3 Å². The highest BCUT2D eigenvalue weighted by Crippen LogP contribution is 2.33. The topological polar surface area (TPSA) is 72.2 Å². The first-order valence-electron chi connectivity index (χ1n) is 5.43. The molecule has 3 N–H and O–H groups in total. The van der Waals surface area contributed by atoms with Crippen molar-refractivity contribution < 1.29 is 12.8 Å². The summed E-state index contributed by atoms with van der Waals surface area (Å²) >= 11 is 17.5. The molecule has 9 heteroatoms. The fourth-order valence-corrected chi connectivity index (χ4v) is 3.56. The molecule has 0 saturated heterocycles. The fourth-order valence-electron chi connectivity index (χ4n) is 1.53. The van der Waals surface area contributed by atoms with Gasteiger partial charge in [-0.05, 0) is 24.3 Å². The first-order chi connectivity index (χ1) is 9.72. The molecule has 4 nitrogen and oxygen atoms in total. The van der Waals surface area contributed by atoms with Crippen LogP contribution in [-0.2, 0) is 10.0 Å². The van der Waals surface area contributed by atoms with Crippen LogP contribution >= 0.6 is 34.8 Å². The molecule has 0 aliphatic heterocycles. The number of hydrogen-bond donors (Lipinski definition) is 2. The zero-order valence-corrected chi connectivity index (χ0v) is 13.3. The van der Waals surface area contributed by atoms with E-state index >= 15 is 0 Å². The number of sulfonamides is 1. The molecule has 0 aliphatic carbocycles. The molecule has 2 aromatic rings. The Bertz CT molecular complexity index is 812. The summed E-state index contributed by atoms with van der Waals surface area (Å²) in [6, 6.07) is 6.20. The molecular weight excluding hydrogens is 362 g/mol. The number of benzene rings is 2. The van der Waals surface area contributed by atoms with E-state index in [1.54, 1.807) is 0 Å². The van der Waals surface area contributed by atoms with Gasteiger partial charge in [-0.25, -0.2) is 12.8 Å². The van der Waals surface area contributed by atoms with E-state index in [0.717, 1.165) is 12.1 Å². The van der Waals surface area contributed by atoms with Crippen molar-refractivity contribution in [2.45, 2.75) is 4.90 Å². The van der Waals surface area contributed by atoms with Crippen LogP contribution in [0.25, 0.3) is 0 Å². The van der Waals surface area contributed by atoms with Gasteiger partial charge in [0.1, 0.15) is 10.7 Å². The van der Waals surface area contributed by atoms with Gasteiger partial charge in [-0.3, -0.25) is 4.72 Å². The Hall–Kier alpha value is -1.21. The second kappa shape index (κ2) is 5.88. The van der Waals surface area contributed by atoms with Crippen molar-refractivity contribution in [2.24, 2.45) is 0 Å². The summed E-state index contributed by atoms with van der Waals surface area (Å²) in [5.74, 6) is -0.806. The van der Waals surface area contributed by atoms with E-state index < -0.39 is 15.8 Å². The molecule has 0 amide bonds. The fraction of sp³-hybridized carbons (Fsp3) is 0. The molecule has 0 heterocycles. The third-order valence-electron chi connectivity index (χ3n) is 2.54. The Balaban J connectivity index is 2.48. The molecule has 0 fully saturated rings. The number of nitrogens with one attached hydrogen (secondary N) is 1. The molecule has 0 bridgehead atoms. The van der Waals surface area contributed by atoms with Gasteiger partial charge in [-0.2, -0.15) is 0 Å². The van der Waals surface area contributed by atoms with Gasteiger partial charge in [0.05, 0.1) is 26.4 Å².